The second-order valence-electron chi connectivity index (χ2n) is 7.10. The Labute approximate surface area is 176 Å². The first-order valence-corrected chi connectivity index (χ1v) is 10.7. The molecular weight excluding hydrogens is 387 g/mol. The van der Waals surface area contributed by atoms with Crippen molar-refractivity contribution in [1.82, 2.24) is 9.55 Å². The van der Waals surface area contributed by atoms with Crippen molar-refractivity contribution in [3.05, 3.63) is 69.3 Å². The van der Waals surface area contributed by atoms with Crippen molar-refractivity contribution in [2.24, 2.45) is 0 Å². The maximum absolute atomic E-state index is 13.2. The molecule has 1 atom stereocenters. The summed E-state index contributed by atoms with van der Waals surface area (Å²) in [5.74, 6) is -2.18. The van der Waals surface area contributed by atoms with Gasteiger partial charge in [-0.3, -0.25) is 14.6 Å². The number of nitrogens with one attached hydrogen (secondary N) is 1. The average molecular weight is 421 g/mol. The van der Waals surface area contributed by atoms with Crippen LogP contribution in [0.25, 0.3) is 0 Å². The van der Waals surface area contributed by atoms with Gasteiger partial charge < -0.3 is 5.11 Å². The number of carbonyl (C=O) groups excluding carboxylic acids is 1. The fourth-order valence-electron chi connectivity index (χ4n) is 2.85. The highest BCUT2D eigenvalue weighted by Crippen LogP contribution is 2.10. The van der Waals surface area contributed by atoms with Crippen LogP contribution in [0, 0.1) is 5.82 Å². The van der Waals surface area contributed by atoms with Crippen LogP contribution in [0.15, 0.2) is 52.2 Å². The number of unbranched alkanes of at least 4 members (excludes halogenated alkanes) is 5. The van der Waals surface area contributed by atoms with Crippen molar-refractivity contribution in [2.45, 2.75) is 77.2 Å². The number of hydrogen-bond donors (Lipinski definition) is 2. The van der Waals surface area contributed by atoms with Crippen LogP contribution < -0.4 is 11.2 Å². The minimum Gasteiger partial charge on any atom is -0.383 e. The number of hydrogen-bond acceptors (Lipinski definition) is 4. The molecule has 0 aliphatic rings. The van der Waals surface area contributed by atoms with Gasteiger partial charge in [0.2, 0.25) is 5.82 Å². The Morgan fingerprint density at radius 2 is 1.63 bits per heavy atom. The topological polar surface area (TPSA) is 92.2 Å². The predicted molar refractivity (Wildman–Crippen MR) is 117 cm³/mol. The number of nitrogens with zero attached hydrogens (tertiary/aromatic N) is 1. The molecule has 0 saturated heterocycles. The highest BCUT2D eigenvalue weighted by atomic mass is 19.1. The summed E-state index contributed by atoms with van der Waals surface area (Å²) in [7, 11) is 0. The van der Waals surface area contributed by atoms with Gasteiger partial charge in [0, 0.05) is 0 Å². The summed E-state index contributed by atoms with van der Waals surface area (Å²) in [6, 6.07) is 0. The number of allylic oxidation sites excluding steroid dienone is 6. The van der Waals surface area contributed by atoms with Gasteiger partial charge in [0.25, 0.3) is 11.5 Å². The molecule has 1 heterocycles. The van der Waals surface area contributed by atoms with Crippen molar-refractivity contribution < 1.29 is 14.3 Å². The molecule has 166 valence electrons. The third kappa shape index (κ3) is 10.3. The minimum atomic E-state index is -1.40. The number of carbonyl (C=O) groups is 1. The SMILES string of the molecule is CCC=CCC=CCC=CCCCCCCCC(O)C(=O)n1cc(F)c(=O)[nH]c1=O. The Bertz CT molecular complexity index is 836. The standard InChI is InChI=1S/C23H33FN2O4/c1-2-3-4-5-6-7-8-9-10-11-12-13-14-15-16-17-20(27)22(29)26-18-19(24)21(28)25-23(26)30/h3-4,6-7,9-10,18,20,27H,2,5,8,11-17H2,1H3,(H,25,28,30). The van der Waals surface area contributed by atoms with E-state index in [0.717, 1.165) is 51.4 Å². The molecule has 1 aromatic rings. The molecule has 0 radical (unpaired) electrons. The van der Waals surface area contributed by atoms with E-state index < -0.39 is 29.1 Å². The van der Waals surface area contributed by atoms with Crippen LogP contribution in [0.5, 0.6) is 0 Å². The Kier molecular flexibility index (Phi) is 13.0. The number of aliphatic hydroxyl groups excluding tert-OH is 1. The first-order chi connectivity index (χ1) is 14.5. The smallest absolute Gasteiger partial charge is 0.335 e. The largest absolute Gasteiger partial charge is 0.383 e. The molecule has 0 bridgehead atoms. The van der Waals surface area contributed by atoms with E-state index >= 15 is 0 Å². The van der Waals surface area contributed by atoms with E-state index in [4.69, 9.17) is 0 Å². The molecule has 1 rings (SSSR count). The molecule has 0 spiro atoms. The van der Waals surface area contributed by atoms with Crippen molar-refractivity contribution in [3.63, 3.8) is 0 Å². The molecule has 0 aromatic carbocycles. The molecule has 1 unspecified atom stereocenters. The van der Waals surface area contributed by atoms with Crippen LogP contribution in [0.4, 0.5) is 4.39 Å². The number of H-pyrrole nitrogens is 1. The molecule has 0 amide bonds. The number of halogens is 1. The van der Waals surface area contributed by atoms with E-state index in [9.17, 15) is 23.9 Å². The van der Waals surface area contributed by atoms with Crippen molar-refractivity contribution in [3.8, 4) is 0 Å². The van der Waals surface area contributed by atoms with Gasteiger partial charge in [0.15, 0.2) is 0 Å². The van der Waals surface area contributed by atoms with E-state index in [1.54, 1.807) is 4.98 Å². The molecule has 0 aliphatic carbocycles. The lowest BCUT2D eigenvalue weighted by atomic mass is 10.1. The van der Waals surface area contributed by atoms with Gasteiger partial charge in [-0.25, -0.2) is 9.36 Å². The van der Waals surface area contributed by atoms with Gasteiger partial charge >= 0.3 is 5.69 Å². The lowest BCUT2D eigenvalue weighted by Gasteiger charge is -2.10. The molecule has 0 aliphatic heterocycles. The molecule has 7 heteroatoms. The van der Waals surface area contributed by atoms with Crippen molar-refractivity contribution >= 4 is 5.91 Å². The monoisotopic (exact) mass is 420 g/mol. The molecular formula is C23H33FN2O4. The number of aromatic nitrogens is 2. The molecule has 30 heavy (non-hydrogen) atoms. The molecule has 2 N–H and O–H groups in total. The van der Waals surface area contributed by atoms with Crippen molar-refractivity contribution in [2.75, 3.05) is 0 Å². The third-order valence-electron chi connectivity index (χ3n) is 4.55. The summed E-state index contributed by atoms with van der Waals surface area (Å²) in [4.78, 5) is 36.2. The second kappa shape index (κ2) is 15.3. The lowest BCUT2D eigenvalue weighted by Crippen LogP contribution is -2.39. The highest BCUT2D eigenvalue weighted by molar-refractivity contribution is 5.82. The third-order valence-corrected chi connectivity index (χ3v) is 4.55. The summed E-state index contributed by atoms with van der Waals surface area (Å²) in [5.41, 5.74) is -2.24. The Hall–Kier alpha value is -2.54. The summed E-state index contributed by atoms with van der Waals surface area (Å²) >= 11 is 0. The maximum Gasteiger partial charge on any atom is 0.335 e. The number of aromatic amines is 1. The average Bonchev–Trinajstić information content (AvgIpc) is 2.72. The molecule has 1 aromatic heterocycles. The normalized spacial score (nSPS) is 13.0. The van der Waals surface area contributed by atoms with Crippen molar-refractivity contribution in [1.29, 1.82) is 0 Å². The molecule has 0 saturated carbocycles. The van der Waals surface area contributed by atoms with Crippen LogP contribution in [0.3, 0.4) is 0 Å². The Morgan fingerprint density at radius 1 is 1.03 bits per heavy atom. The van der Waals surface area contributed by atoms with Gasteiger partial charge in [-0.05, 0) is 38.5 Å². The van der Waals surface area contributed by atoms with E-state index in [-0.39, 0.29) is 6.42 Å². The predicted octanol–water partition coefficient (Wildman–Crippen LogP) is 4.27. The zero-order valence-electron chi connectivity index (χ0n) is 17.7. The van der Waals surface area contributed by atoms with Gasteiger partial charge in [-0.15, -0.1) is 0 Å². The zero-order valence-corrected chi connectivity index (χ0v) is 17.7. The summed E-state index contributed by atoms with van der Waals surface area (Å²) in [6.45, 7) is 2.12. The van der Waals surface area contributed by atoms with Crippen LogP contribution in [-0.2, 0) is 0 Å². The van der Waals surface area contributed by atoms with Gasteiger partial charge in [0.1, 0.15) is 6.10 Å². The van der Waals surface area contributed by atoms with E-state index in [1.165, 1.54) is 0 Å². The fraction of sp³-hybridized carbons (Fsp3) is 0.522. The van der Waals surface area contributed by atoms with Gasteiger partial charge in [-0.1, -0.05) is 69.1 Å². The quantitative estimate of drug-likeness (QED) is 0.347. The summed E-state index contributed by atoms with van der Waals surface area (Å²) < 4.78 is 13.6. The number of rotatable bonds is 14. The lowest BCUT2D eigenvalue weighted by molar-refractivity contribution is 0.0623. The minimum absolute atomic E-state index is 0.186. The van der Waals surface area contributed by atoms with Crippen LogP contribution in [0.2, 0.25) is 0 Å². The second-order valence-corrected chi connectivity index (χ2v) is 7.10. The zero-order chi connectivity index (χ0) is 22.2. The van der Waals surface area contributed by atoms with Gasteiger partial charge in [-0.2, -0.15) is 4.39 Å². The summed E-state index contributed by atoms with van der Waals surface area (Å²) in [5, 5.41) is 9.92. The van der Waals surface area contributed by atoms with Crippen LogP contribution >= 0.6 is 0 Å². The van der Waals surface area contributed by atoms with E-state index in [0.29, 0.717) is 17.2 Å². The molecule has 6 nitrogen and oxygen atoms in total. The Balaban J connectivity index is 2.12. The van der Waals surface area contributed by atoms with Gasteiger partial charge in [0.05, 0.1) is 6.20 Å². The van der Waals surface area contributed by atoms with E-state index in [1.807, 2.05) is 0 Å². The van der Waals surface area contributed by atoms with Crippen LogP contribution in [-0.4, -0.2) is 26.7 Å². The van der Waals surface area contributed by atoms with Crippen LogP contribution in [0.1, 0.15) is 75.9 Å². The maximum atomic E-state index is 13.2. The number of aliphatic hydroxyl groups is 1. The summed E-state index contributed by atoms with van der Waals surface area (Å²) in [6.07, 6.45) is 21.0. The fourth-order valence-corrected chi connectivity index (χ4v) is 2.85. The first-order valence-electron chi connectivity index (χ1n) is 10.7. The highest BCUT2D eigenvalue weighted by Gasteiger charge is 2.19. The first kappa shape index (κ1) is 25.5. The van der Waals surface area contributed by atoms with E-state index in [2.05, 4.69) is 43.4 Å². The Morgan fingerprint density at radius 3 is 2.33 bits per heavy atom. The molecule has 0 fully saturated rings.